The summed E-state index contributed by atoms with van der Waals surface area (Å²) in [5.74, 6) is 0.785. The number of fused-ring (bicyclic) bond motifs is 1. The lowest BCUT2D eigenvalue weighted by atomic mass is 9.91. The number of amides is 1. The van der Waals surface area contributed by atoms with Crippen LogP contribution in [0.1, 0.15) is 37.3 Å². The molecular formula is C17H22N4O2. The van der Waals surface area contributed by atoms with Gasteiger partial charge in [-0.05, 0) is 31.7 Å². The molecule has 6 nitrogen and oxygen atoms in total. The zero-order valence-corrected chi connectivity index (χ0v) is 13.2. The molecule has 0 radical (unpaired) electrons. The van der Waals surface area contributed by atoms with Crippen LogP contribution in [-0.4, -0.2) is 51.7 Å². The summed E-state index contributed by atoms with van der Waals surface area (Å²) in [6.45, 7) is 3.04. The van der Waals surface area contributed by atoms with Crippen LogP contribution in [0.15, 0.2) is 24.5 Å². The second kappa shape index (κ2) is 6.28. The number of rotatable bonds is 2. The van der Waals surface area contributed by atoms with Crippen molar-refractivity contribution in [2.75, 3.05) is 26.3 Å². The summed E-state index contributed by atoms with van der Waals surface area (Å²) in [5.41, 5.74) is 2.09. The summed E-state index contributed by atoms with van der Waals surface area (Å²) >= 11 is 0. The predicted octanol–water partition coefficient (Wildman–Crippen LogP) is 1.86. The van der Waals surface area contributed by atoms with E-state index in [2.05, 4.69) is 16.1 Å². The monoisotopic (exact) mass is 314 g/mol. The number of carbonyl (C=O) groups excluding carboxylic acids is 1. The van der Waals surface area contributed by atoms with Gasteiger partial charge in [0, 0.05) is 43.6 Å². The minimum absolute atomic E-state index is 0.0686. The molecule has 0 N–H and O–H groups in total. The van der Waals surface area contributed by atoms with E-state index in [1.807, 2.05) is 21.7 Å². The van der Waals surface area contributed by atoms with Crippen LogP contribution in [0.2, 0.25) is 0 Å². The molecule has 2 fully saturated rings. The standard InChI is InChI=1S/C17H22N4O2/c22-17(14-2-1-11-23-12-14)20-9-5-13(6-10-20)15-3-7-18-16-4-8-19-21(15)16/h3-4,7-8,13-14H,1-2,5-6,9-12H2/t14-/m0/s1. The lowest BCUT2D eigenvalue weighted by Gasteiger charge is -2.35. The quantitative estimate of drug-likeness (QED) is 0.849. The van der Waals surface area contributed by atoms with Crippen molar-refractivity contribution in [3.8, 4) is 0 Å². The number of piperidine rings is 1. The first-order chi connectivity index (χ1) is 11.3. The van der Waals surface area contributed by atoms with Gasteiger partial charge in [-0.15, -0.1) is 0 Å². The molecule has 0 aromatic carbocycles. The first-order valence-electron chi connectivity index (χ1n) is 8.48. The van der Waals surface area contributed by atoms with Gasteiger partial charge in [0.15, 0.2) is 5.65 Å². The Morgan fingerprint density at radius 2 is 2.04 bits per heavy atom. The predicted molar refractivity (Wildman–Crippen MR) is 85.1 cm³/mol. The molecule has 0 saturated carbocycles. The molecule has 2 aromatic rings. The highest BCUT2D eigenvalue weighted by Gasteiger charge is 2.30. The van der Waals surface area contributed by atoms with Gasteiger partial charge in [-0.25, -0.2) is 9.50 Å². The normalized spacial score (nSPS) is 23.3. The van der Waals surface area contributed by atoms with Gasteiger partial charge in [0.1, 0.15) is 0 Å². The first kappa shape index (κ1) is 14.6. The van der Waals surface area contributed by atoms with Gasteiger partial charge in [-0.3, -0.25) is 4.79 Å². The third-order valence-corrected chi connectivity index (χ3v) is 5.05. The van der Waals surface area contributed by atoms with Gasteiger partial charge in [0.05, 0.1) is 18.7 Å². The van der Waals surface area contributed by atoms with E-state index in [1.54, 1.807) is 6.20 Å². The maximum atomic E-state index is 12.6. The van der Waals surface area contributed by atoms with E-state index < -0.39 is 0 Å². The molecule has 4 heterocycles. The van der Waals surface area contributed by atoms with Crippen molar-refractivity contribution >= 4 is 11.6 Å². The maximum Gasteiger partial charge on any atom is 0.228 e. The van der Waals surface area contributed by atoms with Crippen molar-refractivity contribution in [1.82, 2.24) is 19.5 Å². The van der Waals surface area contributed by atoms with Gasteiger partial charge >= 0.3 is 0 Å². The minimum atomic E-state index is 0.0686. The summed E-state index contributed by atoms with van der Waals surface area (Å²) < 4.78 is 7.39. The number of ether oxygens (including phenoxy) is 1. The number of hydrogen-bond acceptors (Lipinski definition) is 4. The zero-order chi connectivity index (χ0) is 15.6. The molecule has 0 spiro atoms. The summed E-state index contributed by atoms with van der Waals surface area (Å²) in [5, 5.41) is 4.38. The smallest absolute Gasteiger partial charge is 0.228 e. The molecule has 1 amide bonds. The Hall–Kier alpha value is -1.95. The van der Waals surface area contributed by atoms with Crippen molar-refractivity contribution in [3.63, 3.8) is 0 Å². The number of aromatic nitrogens is 3. The average Bonchev–Trinajstić information content (AvgIpc) is 3.11. The van der Waals surface area contributed by atoms with Gasteiger partial charge < -0.3 is 9.64 Å². The SMILES string of the molecule is O=C([C@H]1CCCOC1)N1CCC(c2ccnc3ccnn23)CC1. The van der Waals surface area contributed by atoms with Gasteiger partial charge in [-0.2, -0.15) is 5.10 Å². The fourth-order valence-electron chi connectivity index (χ4n) is 3.75. The largest absolute Gasteiger partial charge is 0.381 e. The lowest BCUT2D eigenvalue weighted by molar-refractivity contribution is -0.140. The molecule has 2 aliphatic rings. The highest BCUT2D eigenvalue weighted by molar-refractivity contribution is 5.79. The molecule has 6 heteroatoms. The van der Waals surface area contributed by atoms with E-state index in [-0.39, 0.29) is 11.8 Å². The van der Waals surface area contributed by atoms with Gasteiger partial charge in [-0.1, -0.05) is 0 Å². The van der Waals surface area contributed by atoms with Crippen molar-refractivity contribution in [2.24, 2.45) is 5.92 Å². The molecular weight excluding hydrogens is 292 g/mol. The first-order valence-corrected chi connectivity index (χ1v) is 8.48. The van der Waals surface area contributed by atoms with E-state index in [9.17, 15) is 4.79 Å². The molecule has 2 saturated heterocycles. The van der Waals surface area contributed by atoms with Crippen molar-refractivity contribution < 1.29 is 9.53 Å². The van der Waals surface area contributed by atoms with Crippen LogP contribution >= 0.6 is 0 Å². The van der Waals surface area contributed by atoms with E-state index in [1.165, 1.54) is 5.69 Å². The lowest BCUT2D eigenvalue weighted by Crippen LogP contribution is -2.43. The molecule has 2 aromatic heterocycles. The fraction of sp³-hybridized carbons (Fsp3) is 0.588. The van der Waals surface area contributed by atoms with Crippen molar-refractivity contribution in [1.29, 1.82) is 0 Å². The summed E-state index contributed by atoms with van der Waals surface area (Å²) in [6, 6.07) is 3.97. The van der Waals surface area contributed by atoms with Gasteiger partial charge in [0.2, 0.25) is 5.91 Å². The maximum absolute atomic E-state index is 12.6. The van der Waals surface area contributed by atoms with Crippen molar-refractivity contribution in [2.45, 2.75) is 31.6 Å². The summed E-state index contributed by atoms with van der Waals surface area (Å²) in [6.07, 6.45) is 7.57. The number of carbonyl (C=O) groups is 1. The zero-order valence-electron chi connectivity index (χ0n) is 13.2. The number of nitrogens with zero attached hydrogens (tertiary/aromatic N) is 4. The van der Waals surface area contributed by atoms with Crippen LogP contribution < -0.4 is 0 Å². The van der Waals surface area contributed by atoms with E-state index >= 15 is 0 Å². The van der Waals surface area contributed by atoms with E-state index in [0.29, 0.717) is 12.5 Å². The Morgan fingerprint density at radius 1 is 1.17 bits per heavy atom. The molecule has 0 aliphatic carbocycles. The molecule has 0 unspecified atom stereocenters. The topological polar surface area (TPSA) is 59.7 Å². The Morgan fingerprint density at radius 3 is 2.83 bits per heavy atom. The summed E-state index contributed by atoms with van der Waals surface area (Å²) in [4.78, 5) is 18.9. The molecule has 122 valence electrons. The van der Waals surface area contributed by atoms with Crippen LogP contribution in [0, 0.1) is 5.92 Å². The van der Waals surface area contributed by atoms with Crippen molar-refractivity contribution in [3.05, 3.63) is 30.2 Å². The molecule has 1 atom stereocenters. The molecule has 0 bridgehead atoms. The third kappa shape index (κ3) is 2.83. The number of hydrogen-bond donors (Lipinski definition) is 0. The Kier molecular flexibility index (Phi) is 3.99. The summed E-state index contributed by atoms with van der Waals surface area (Å²) in [7, 11) is 0. The van der Waals surface area contributed by atoms with E-state index in [0.717, 1.165) is 51.0 Å². The third-order valence-electron chi connectivity index (χ3n) is 5.05. The highest BCUT2D eigenvalue weighted by Crippen LogP contribution is 2.29. The van der Waals surface area contributed by atoms with Crippen LogP contribution in [-0.2, 0) is 9.53 Å². The highest BCUT2D eigenvalue weighted by atomic mass is 16.5. The van der Waals surface area contributed by atoms with Crippen LogP contribution in [0.4, 0.5) is 0 Å². The molecule has 4 rings (SSSR count). The molecule has 2 aliphatic heterocycles. The Bertz CT molecular complexity index is 685. The molecule has 23 heavy (non-hydrogen) atoms. The Balaban J connectivity index is 1.42. The Labute approximate surface area is 135 Å². The minimum Gasteiger partial charge on any atom is -0.381 e. The second-order valence-electron chi connectivity index (χ2n) is 6.48. The number of likely N-dealkylation sites (tertiary alicyclic amines) is 1. The fourth-order valence-corrected chi connectivity index (χ4v) is 3.75. The second-order valence-corrected chi connectivity index (χ2v) is 6.48. The van der Waals surface area contributed by atoms with Crippen LogP contribution in [0.5, 0.6) is 0 Å². The average molecular weight is 314 g/mol. The van der Waals surface area contributed by atoms with Gasteiger partial charge in [0.25, 0.3) is 0 Å². The van der Waals surface area contributed by atoms with Crippen LogP contribution in [0.3, 0.4) is 0 Å². The van der Waals surface area contributed by atoms with Crippen LogP contribution in [0.25, 0.3) is 5.65 Å². The van der Waals surface area contributed by atoms with E-state index in [4.69, 9.17) is 4.74 Å².